The van der Waals surface area contributed by atoms with Crippen molar-refractivity contribution in [3.8, 4) is 0 Å². The van der Waals surface area contributed by atoms with Crippen LogP contribution in [0.1, 0.15) is 12.8 Å². The molecular weight excluding hydrogens is 242 g/mol. The molecule has 2 heterocycles. The van der Waals surface area contributed by atoms with Gasteiger partial charge >= 0.3 is 0 Å². The summed E-state index contributed by atoms with van der Waals surface area (Å²) in [4.78, 5) is 4.96. The molecule has 111 valence electrons. The van der Waals surface area contributed by atoms with Gasteiger partial charge < -0.3 is 9.47 Å². The third kappa shape index (κ3) is 6.68. The molecule has 1 radical (unpaired) electrons. The topological polar surface area (TPSA) is 39.0 Å². The van der Waals surface area contributed by atoms with Gasteiger partial charge in [0.2, 0.25) is 0 Å². The van der Waals surface area contributed by atoms with Crippen LogP contribution in [-0.2, 0) is 9.47 Å². The van der Waals surface area contributed by atoms with E-state index in [4.69, 9.17) is 9.47 Å². The Morgan fingerprint density at radius 2 is 1.11 bits per heavy atom. The van der Waals surface area contributed by atoms with Crippen LogP contribution in [-0.4, -0.2) is 88.6 Å². The molecule has 0 spiro atoms. The first-order chi connectivity index (χ1) is 9.45. The monoisotopic (exact) mass is 270 g/mol. The van der Waals surface area contributed by atoms with Gasteiger partial charge in [0.25, 0.3) is 0 Å². The predicted molar refractivity (Wildman–Crippen MR) is 75.6 cm³/mol. The third-order valence-electron chi connectivity index (χ3n) is 3.79. The second kappa shape index (κ2) is 9.66. The van der Waals surface area contributed by atoms with Gasteiger partial charge in [-0.3, -0.25) is 9.80 Å². The average Bonchev–Trinajstić information content (AvgIpc) is 2.48. The molecule has 19 heavy (non-hydrogen) atoms. The first kappa shape index (κ1) is 15.2. The van der Waals surface area contributed by atoms with Crippen LogP contribution in [0.2, 0.25) is 0 Å². The highest BCUT2D eigenvalue weighted by Gasteiger charge is 2.10. The standard InChI is InChI=1S/C14H28N3O2/c1(5-16-7-11-18-12-8-16)3-15-4-2-6-17-9-13-19-14-10-17/h1-14H2. The zero-order valence-electron chi connectivity index (χ0n) is 12.1. The highest BCUT2D eigenvalue weighted by Crippen LogP contribution is 1.99. The summed E-state index contributed by atoms with van der Waals surface area (Å²) < 4.78 is 10.7. The van der Waals surface area contributed by atoms with Crippen LogP contribution in [0.4, 0.5) is 0 Å². The maximum atomic E-state index is 5.34. The molecule has 5 nitrogen and oxygen atoms in total. The Morgan fingerprint density at radius 1 is 0.684 bits per heavy atom. The lowest BCUT2D eigenvalue weighted by Gasteiger charge is -2.26. The maximum absolute atomic E-state index is 5.34. The zero-order valence-corrected chi connectivity index (χ0v) is 12.1. The molecule has 2 saturated heterocycles. The lowest BCUT2D eigenvalue weighted by molar-refractivity contribution is 0.0366. The van der Waals surface area contributed by atoms with Crippen molar-refractivity contribution in [2.45, 2.75) is 12.8 Å². The third-order valence-corrected chi connectivity index (χ3v) is 3.79. The fraction of sp³-hybridized carbons (Fsp3) is 1.00. The molecule has 0 aliphatic carbocycles. The van der Waals surface area contributed by atoms with Crippen molar-refractivity contribution in [2.75, 3.05) is 78.8 Å². The fourth-order valence-electron chi connectivity index (χ4n) is 2.57. The van der Waals surface area contributed by atoms with Crippen LogP contribution in [0.25, 0.3) is 0 Å². The summed E-state index contributed by atoms with van der Waals surface area (Å²) in [7, 11) is 0. The van der Waals surface area contributed by atoms with Gasteiger partial charge in [0.05, 0.1) is 26.4 Å². The lowest BCUT2D eigenvalue weighted by atomic mass is 10.3. The molecule has 2 rings (SSSR count). The fourth-order valence-corrected chi connectivity index (χ4v) is 2.57. The van der Waals surface area contributed by atoms with Crippen LogP contribution in [0.5, 0.6) is 0 Å². The Morgan fingerprint density at radius 3 is 1.53 bits per heavy atom. The van der Waals surface area contributed by atoms with E-state index in [1.165, 1.54) is 25.9 Å². The molecule has 0 aromatic heterocycles. The SMILES string of the molecule is C(C[N]CCCN1CCOCC1)CN1CCOCC1. The minimum absolute atomic E-state index is 0.899. The van der Waals surface area contributed by atoms with E-state index in [0.717, 1.165) is 65.7 Å². The Hall–Kier alpha value is -0.200. The first-order valence-electron chi connectivity index (χ1n) is 7.68. The lowest BCUT2D eigenvalue weighted by Crippen LogP contribution is -2.38. The second-order valence-corrected chi connectivity index (χ2v) is 5.29. The van der Waals surface area contributed by atoms with Gasteiger partial charge in [-0.1, -0.05) is 0 Å². The van der Waals surface area contributed by atoms with Crippen molar-refractivity contribution in [2.24, 2.45) is 0 Å². The van der Waals surface area contributed by atoms with Crippen molar-refractivity contribution < 1.29 is 9.47 Å². The summed E-state index contributed by atoms with van der Waals surface area (Å²) in [6.45, 7) is 12.4. The molecule has 2 aliphatic heterocycles. The number of hydrogen-bond donors (Lipinski definition) is 0. The van der Waals surface area contributed by atoms with Crippen molar-refractivity contribution in [1.82, 2.24) is 15.1 Å². The molecule has 2 aliphatic rings. The molecule has 0 unspecified atom stereocenters. The van der Waals surface area contributed by atoms with E-state index in [9.17, 15) is 0 Å². The number of morpholine rings is 2. The number of nitrogens with zero attached hydrogens (tertiary/aromatic N) is 3. The average molecular weight is 270 g/mol. The van der Waals surface area contributed by atoms with Gasteiger partial charge in [0.1, 0.15) is 0 Å². The zero-order chi connectivity index (χ0) is 13.2. The van der Waals surface area contributed by atoms with Crippen molar-refractivity contribution in [3.05, 3.63) is 0 Å². The summed E-state index contributed by atoms with van der Waals surface area (Å²) in [5.74, 6) is 0. The Bertz CT molecular complexity index is 195. The Labute approximate surface area is 117 Å². The van der Waals surface area contributed by atoms with Crippen LogP contribution in [0.3, 0.4) is 0 Å². The molecule has 0 aromatic rings. The summed E-state index contributed by atoms with van der Waals surface area (Å²) in [5.41, 5.74) is 0. The highest BCUT2D eigenvalue weighted by molar-refractivity contribution is 4.64. The molecule has 5 heteroatoms. The molecule has 0 aromatic carbocycles. The van der Waals surface area contributed by atoms with Crippen LogP contribution >= 0.6 is 0 Å². The van der Waals surface area contributed by atoms with E-state index in [0.29, 0.717) is 0 Å². The Balaban J connectivity index is 1.35. The molecular formula is C14H28N3O2. The highest BCUT2D eigenvalue weighted by atomic mass is 16.5. The smallest absolute Gasteiger partial charge is 0.0594 e. The number of rotatable bonds is 8. The minimum Gasteiger partial charge on any atom is -0.379 e. The van der Waals surface area contributed by atoms with Gasteiger partial charge in [-0.2, -0.15) is 0 Å². The van der Waals surface area contributed by atoms with Crippen molar-refractivity contribution in [3.63, 3.8) is 0 Å². The van der Waals surface area contributed by atoms with Gasteiger partial charge in [-0.05, 0) is 25.9 Å². The summed E-state index contributed by atoms with van der Waals surface area (Å²) >= 11 is 0. The largest absolute Gasteiger partial charge is 0.379 e. The molecule has 0 saturated carbocycles. The van der Waals surface area contributed by atoms with Crippen LogP contribution < -0.4 is 5.32 Å². The van der Waals surface area contributed by atoms with E-state index in [2.05, 4.69) is 15.1 Å². The molecule has 2 fully saturated rings. The van der Waals surface area contributed by atoms with Crippen molar-refractivity contribution in [1.29, 1.82) is 0 Å². The number of hydrogen-bond acceptors (Lipinski definition) is 4. The maximum Gasteiger partial charge on any atom is 0.0594 e. The molecule has 0 amide bonds. The number of ether oxygens (including phenoxy) is 2. The summed E-state index contributed by atoms with van der Waals surface area (Å²) in [6.07, 6.45) is 2.38. The van der Waals surface area contributed by atoms with E-state index in [1.54, 1.807) is 0 Å². The van der Waals surface area contributed by atoms with Crippen LogP contribution in [0, 0.1) is 0 Å². The van der Waals surface area contributed by atoms with E-state index in [1.807, 2.05) is 0 Å². The first-order valence-corrected chi connectivity index (χ1v) is 7.68. The van der Waals surface area contributed by atoms with E-state index >= 15 is 0 Å². The van der Waals surface area contributed by atoms with Crippen molar-refractivity contribution >= 4 is 0 Å². The van der Waals surface area contributed by atoms with Gasteiger partial charge in [0, 0.05) is 39.3 Å². The van der Waals surface area contributed by atoms with Crippen LogP contribution in [0.15, 0.2) is 0 Å². The molecule has 0 N–H and O–H groups in total. The summed E-state index contributed by atoms with van der Waals surface area (Å²) in [5, 5.41) is 4.62. The van der Waals surface area contributed by atoms with E-state index < -0.39 is 0 Å². The van der Waals surface area contributed by atoms with Gasteiger partial charge in [-0.25, -0.2) is 5.32 Å². The van der Waals surface area contributed by atoms with E-state index in [-0.39, 0.29) is 0 Å². The van der Waals surface area contributed by atoms with Gasteiger partial charge in [0.15, 0.2) is 0 Å². The molecule has 0 atom stereocenters. The quantitative estimate of drug-likeness (QED) is 0.584. The molecule has 0 bridgehead atoms. The summed E-state index contributed by atoms with van der Waals surface area (Å²) in [6, 6.07) is 0. The van der Waals surface area contributed by atoms with Gasteiger partial charge in [-0.15, -0.1) is 0 Å². The Kier molecular flexibility index (Phi) is 7.73. The second-order valence-electron chi connectivity index (χ2n) is 5.29. The predicted octanol–water partition coefficient (Wildman–Crippen LogP) is 0.0354. The normalized spacial score (nSPS) is 22.7. The minimum atomic E-state index is 0.899.